The summed E-state index contributed by atoms with van der Waals surface area (Å²) in [5.41, 5.74) is 1.11. The van der Waals surface area contributed by atoms with Crippen molar-refractivity contribution < 1.29 is 19.2 Å². The summed E-state index contributed by atoms with van der Waals surface area (Å²) in [6, 6.07) is 7.23. The van der Waals surface area contributed by atoms with Crippen LogP contribution in [-0.2, 0) is 11.3 Å². The van der Waals surface area contributed by atoms with Crippen LogP contribution in [0.5, 0.6) is 11.5 Å². The van der Waals surface area contributed by atoms with Crippen molar-refractivity contribution in [1.29, 1.82) is 0 Å². The Bertz CT molecular complexity index is 802. The topological polar surface area (TPSA) is 90.7 Å². The number of nitro benzene ring substituents is 1. The molecule has 0 radical (unpaired) electrons. The van der Waals surface area contributed by atoms with Gasteiger partial charge in [-0.2, -0.15) is 0 Å². The second kappa shape index (κ2) is 5.94. The molecule has 23 heavy (non-hydrogen) atoms. The average Bonchev–Trinajstić information content (AvgIpc) is 2.50. The van der Waals surface area contributed by atoms with Crippen molar-refractivity contribution in [3.8, 4) is 11.5 Å². The molecule has 9 heteroatoms. The average molecular weight is 355 g/mol. The van der Waals surface area contributed by atoms with Gasteiger partial charge in [-0.25, -0.2) is 4.79 Å². The van der Waals surface area contributed by atoms with E-state index < -0.39 is 11.0 Å². The first-order valence-corrected chi connectivity index (χ1v) is 7.07. The number of carbonyl (C=O) groups is 1. The normalized spacial score (nSPS) is 12.9. The largest absolute Gasteiger partial charge is 0.454 e. The zero-order valence-corrected chi connectivity index (χ0v) is 12.9. The zero-order chi connectivity index (χ0) is 16.6. The van der Waals surface area contributed by atoms with Crippen LogP contribution in [0, 0.1) is 10.1 Å². The number of hydrogen-bond donors (Lipinski definition) is 1. The number of amides is 1. The van der Waals surface area contributed by atoms with Crippen LogP contribution >= 0.6 is 23.2 Å². The van der Waals surface area contributed by atoms with E-state index in [1.165, 1.54) is 0 Å². The first-order chi connectivity index (χ1) is 10.9. The molecule has 1 aliphatic heterocycles. The molecule has 1 amide bonds. The first-order valence-electron chi connectivity index (χ1n) is 6.32. The summed E-state index contributed by atoms with van der Waals surface area (Å²) in [5, 5.41) is 13.4. The highest BCUT2D eigenvalue weighted by Crippen LogP contribution is 2.40. The molecule has 0 aliphatic carbocycles. The van der Waals surface area contributed by atoms with Crippen molar-refractivity contribution in [2.75, 3.05) is 5.32 Å². The molecule has 0 unspecified atom stereocenters. The summed E-state index contributed by atoms with van der Waals surface area (Å²) in [6.07, 6.45) is -0.521. The first kappa shape index (κ1) is 15.4. The van der Waals surface area contributed by atoms with E-state index in [1.807, 2.05) is 0 Å². The van der Waals surface area contributed by atoms with Crippen molar-refractivity contribution in [1.82, 2.24) is 0 Å². The quantitative estimate of drug-likeness (QED) is 0.633. The van der Waals surface area contributed by atoms with Crippen LogP contribution in [0.3, 0.4) is 0 Å². The smallest absolute Gasteiger partial charge is 0.411 e. The van der Waals surface area contributed by atoms with Gasteiger partial charge in [0.2, 0.25) is 0 Å². The molecule has 1 heterocycles. The summed E-state index contributed by atoms with van der Waals surface area (Å²) in [7, 11) is 0. The molecule has 1 N–H and O–H groups in total. The highest BCUT2D eigenvalue weighted by Gasteiger charge is 2.19. The van der Waals surface area contributed by atoms with Gasteiger partial charge in [0.25, 0.3) is 5.69 Å². The lowest BCUT2D eigenvalue weighted by atomic mass is 10.1. The highest BCUT2D eigenvalue weighted by atomic mass is 35.5. The van der Waals surface area contributed by atoms with Gasteiger partial charge < -0.3 is 9.47 Å². The monoisotopic (exact) mass is 354 g/mol. The molecule has 2 aromatic carbocycles. The molecule has 0 atom stereocenters. The van der Waals surface area contributed by atoms with Gasteiger partial charge in [-0.1, -0.05) is 23.2 Å². The fraction of sp³-hybridized carbons (Fsp3) is 0.0714. The molecule has 0 spiro atoms. The summed E-state index contributed by atoms with van der Waals surface area (Å²) in [5.74, 6) is 0.515. The molecule has 0 saturated carbocycles. The second-order valence-electron chi connectivity index (χ2n) is 4.62. The lowest BCUT2D eigenvalue weighted by molar-refractivity contribution is -0.384. The Morgan fingerprint density at radius 1 is 1.22 bits per heavy atom. The summed E-state index contributed by atoms with van der Waals surface area (Å²) in [4.78, 5) is 21.3. The summed E-state index contributed by atoms with van der Waals surface area (Å²) >= 11 is 12.0. The fourth-order valence-corrected chi connectivity index (χ4v) is 2.58. The van der Waals surface area contributed by atoms with Gasteiger partial charge in [-0.15, -0.1) is 0 Å². The Labute approximate surface area is 139 Å². The predicted molar refractivity (Wildman–Crippen MR) is 83.4 cm³/mol. The SMILES string of the molecule is O=C1Nc2ccc(Oc3c(Cl)cc([N+](=O)[O-])cc3Cl)cc2CO1. The molecule has 7 nitrogen and oxygen atoms in total. The van der Waals surface area contributed by atoms with E-state index in [4.69, 9.17) is 32.7 Å². The number of nitrogens with one attached hydrogen (secondary N) is 1. The van der Waals surface area contributed by atoms with Crippen LogP contribution in [-0.4, -0.2) is 11.0 Å². The maximum Gasteiger partial charge on any atom is 0.411 e. The number of benzene rings is 2. The number of cyclic esters (lactones) is 1. The number of halogens is 2. The van der Waals surface area contributed by atoms with E-state index in [0.29, 0.717) is 11.4 Å². The molecule has 0 bridgehead atoms. The minimum Gasteiger partial charge on any atom is -0.454 e. The molecule has 1 aliphatic rings. The van der Waals surface area contributed by atoms with E-state index in [1.54, 1.807) is 18.2 Å². The molecule has 3 rings (SSSR count). The van der Waals surface area contributed by atoms with E-state index in [-0.39, 0.29) is 28.1 Å². The molecule has 0 aromatic heterocycles. The van der Waals surface area contributed by atoms with Crippen LogP contribution in [0.2, 0.25) is 10.0 Å². The number of anilines is 1. The van der Waals surface area contributed by atoms with Crippen LogP contribution in [0.25, 0.3) is 0 Å². The van der Waals surface area contributed by atoms with Crippen LogP contribution in [0.1, 0.15) is 5.56 Å². The highest BCUT2D eigenvalue weighted by molar-refractivity contribution is 6.37. The molecular formula is C14H8Cl2N2O5. The summed E-state index contributed by atoms with van der Waals surface area (Å²) in [6.45, 7) is 0.111. The Hall–Kier alpha value is -2.51. The van der Waals surface area contributed by atoms with E-state index in [0.717, 1.165) is 17.7 Å². The van der Waals surface area contributed by atoms with Crippen LogP contribution < -0.4 is 10.1 Å². The van der Waals surface area contributed by atoms with Crippen molar-refractivity contribution in [3.63, 3.8) is 0 Å². The Kier molecular flexibility index (Phi) is 3.97. The number of hydrogen-bond acceptors (Lipinski definition) is 5. The Morgan fingerprint density at radius 3 is 2.57 bits per heavy atom. The van der Waals surface area contributed by atoms with Crippen molar-refractivity contribution in [2.24, 2.45) is 0 Å². The van der Waals surface area contributed by atoms with Gasteiger partial charge in [-0.05, 0) is 18.2 Å². The number of fused-ring (bicyclic) bond motifs is 1. The maximum atomic E-state index is 11.1. The number of rotatable bonds is 3. The van der Waals surface area contributed by atoms with Gasteiger partial charge in [0.15, 0.2) is 5.75 Å². The Balaban J connectivity index is 1.91. The van der Waals surface area contributed by atoms with Gasteiger partial charge in [0.05, 0.1) is 20.7 Å². The van der Waals surface area contributed by atoms with Gasteiger partial charge >= 0.3 is 6.09 Å². The minimum absolute atomic E-state index is 0.0199. The molecule has 2 aromatic rings. The van der Waals surface area contributed by atoms with E-state index >= 15 is 0 Å². The summed E-state index contributed by atoms with van der Waals surface area (Å²) < 4.78 is 10.5. The minimum atomic E-state index is -0.597. The Morgan fingerprint density at radius 2 is 1.91 bits per heavy atom. The van der Waals surface area contributed by atoms with Crippen molar-refractivity contribution in [3.05, 3.63) is 56.1 Å². The molecule has 0 fully saturated rings. The molecule has 118 valence electrons. The van der Waals surface area contributed by atoms with E-state index in [2.05, 4.69) is 5.32 Å². The van der Waals surface area contributed by atoms with Crippen molar-refractivity contribution in [2.45, 2.75) is 6.61 Å². The number of ether oxygens (including phenoxy) is 2. The van der Waals surface area contributed by atoms with Crippen LogP contribution in [0.4, 0.5) is 16.2 Å². The third-order valence-electron chi connectivity index (χ3n) is 3.09. The zero-order valence-electron chi connectivity index (χ0n) is 11.3. The lowest BCUT2D eigenvalue weighted by Gasteiger charge is -2.18. The number of carbonyl (C=O) groups excluding carboxylic acids is 1. The van der Waals surface area contributed by atoms with Crippen LogP contribution in [0.15, 0.2) is 30.3 Å². The number of non-ortho nitro benzene ring substituents is 1. The third kappa shape index (κ3) is 3.15. The van der Waals surface area contributed by atoms with Gasteiger partial charge in [0, 0.05) is 17.7 Å². The van der Waals surface area contributed by atoms with Crippen molar-refractivity contribution >= 4 is 40.7 Å². The standard InChI is InChI=1S/C14H8Cl2N2O5/c15-10-4-8(18(20)21)5-11(16)13(10)23-9-1-2-12-7(3-9)6-22-14(19)17-12/h1-5H,6H2,(H,17,19). The lowest BCUT2D eigenvalue weighted by Crippen LogP contribution is -2.20. The maximum absolute atomic E-state index is 11.1. The van der Waals surface area contributed by atoms with Gasteiger partial charge in [0.1, 0.15) is 12.4 Å². The number of nitrogens with zero attached hydrogens (tertiary/aromatic N) is 1. The molecule has 0 saturated heterocycles. The van der Waals surface area contributed by atoms with E-state index in [9.17, 15) is 14.9 Å². The predicted octanol–water partition coefficient (Wildman–Crippen LogP) is 4.76. The second-order valence-corrected chi connectivity index (χ2v) is 5.43. The molecular weight excluding hydrogens is 347 g/mol. The number of nitro groups is 1. The fourth-order valence-electron chi connectivity index (χ4n) is 2.03. The third-order valence-corrected chi connectivity index (χ3v) is 3.65. The van der Waals surface area contributed by atoms with Gasteiger partial charge in [-0.3, -0.25) is 15.4 Å².